The first-order chi connectivity index (χ1) is 11.3. The first-order valence-corrected chi connectivity index (χ1v) is 9.22. The van der Waals surface area contributed by atoms with Crippen molar-refractivity contribution in [1.29, 1.82) is 0 Å². The molecule has 0 bridgehead atoms. The van der Waals surface area contributed by atoms with Crippen molar-refractivity contribution >= 4 is 28.8 Å². The molecule has 1 aliphatic carbocycles. The number of hydrogen-bond acceptors (Lipinski definition) is 6. The lowest BCUT2D eigenvalue weighted by Crippen LogP contribution is -2.44. The molecule has 2 aliphatic rings. The van der Waals surface area contributed by atoms with E-state index in [1.807, 2.05) is 18.1 Å². The number of anilines is 1. The molecule has 0 aromatic carbocycles. The molecule has 2 fully saturated rings. The van der Waals surface area contributed by atoms with Gasteiger partial charge in [0.05, 0.1) is 18.6 Å². The highest BCUT2D eigenvalue weighted by atomic mass is 32.2. The number of nitrogens with zero attached hydrogens (tertiary/aromatic N) is 4. The predicted molar refractivity (Wildman–Crippen MR) is 93.7 cm³/mol. The summed E-state index contributed by atoms with van der Waals surface area (Å²) in [6.45, 7) is 3.88. The predicted octanol–water partition coefficient (Wildman–Crippen LogP) is 2.15. The third-order valence-corrected chi connectivity index (χ3v) is 6.24. The highest BCUT2D eigenvalue weighted by molar-refractivity contribution is 7.97. The van der Waals surface area contributed by atoms with Gasteiger partial charge in [0.25, 0.3) is 0 Å². The monoisotopic (exact) mass is 333 g/mol. The van der Waals surface area contributed by atoms with Crippen LogP contribution in [0, 0.1) is 5.92 Å². The summed E-state index contributed by atoms with van der Waals surface area (Å²) in [5, 5.41) is 1.11. The van der Waals surface area contributed by atoms with Gasteiger partial charge in [-0.25, -0.2) is 14.3 Å². The van der Waals surface area contributed by atoms with Crippen molar-refractivity contribution in [2.75, 3.05) is 44.0 Å². The summed E-state index contributed by atoms with van der Waals surface area (Å²) in [7, 11) is 2.16. The van der Waals surface area contributed by atoms with Crippen LogP contribution in [0.5, 0.6) is 0 Å². The van der Waals surface area contributed by atoms with Gasteiger partial charge < -0.3 is 14.6 Å². The first-order valence-electron chi connectivity index (χ1n) is 8.28. The van der Waals surface area contributed by atoms with Crippen LogP contribution >= 0.6 is 11.9 Å². The summed E-state index contributed by atoms with van der Waals surface area (Å²) in [4.78, 5) is 14.3. The van der Waals surface area contributed by atoms with Crippen LogP contribution in [0.4, 0.5) is 5.82 Å². The van der Waals surface area contributed by atoms with Gasteiger partial charge in [0.15, 0.2) is 0 Å². The third kappa shape index (κ3) is 3.18. The van der Waals surface area contributed by atoms with Crippen LogP contribution in [-0.4, -0.2) is 64.4 Å². The zero-order chi connectivity index (χ0) is 15.6. The van der Waals surface area contributed by atoms with Crippen LogP contribution in [0.25, 0.3) is 11.0 Å². The lowest BCUT2D eigenvalue weighted by atomic mass is 9.81. The summed E-state index contributed by atoms with van der Waals surface area (Å²) in [6.07, 6.45) is 6.09. The van der Waals surface area contributed by atoms with Gasteiger partial charge in [-0.1, -0.05) is 11.9 Å². The fourth-order valence-corrected chi connectivity index (χ4v) is 4.45. The number of hydrogen-bond donors (Lipinski definition) is 1. The van der Waals surface area contributed by atoms with E-state index in [0.717, 1.165) is 49.1 Å². The Hall–Kier alpha value is -1.31. The Morgan fingerprint density at radius 2 is 2.17 bits per heavy atom. The topological polar surface area (TPSA) is 57.3 Å². The second-order valence-electron chi connectivity index (χ2n) is 6.38. The Morgan fingerprint density at radius 3 is 3.00 bits per heavy atom. The molecule has 0 radical (unpaired) electrons. The Bertz CT molecular complexity index is 651. The van der Waals surface area contributed by atoms with E-state index >= 15 is 0 Å². The fourth-order valence-electron chi connectivity index (χ4n) is 3.35. The quantitative estimate of drug-likeness (QED) is 0.846. The normalized spacial score (nSPS) is 25.4. The summed E-state index contributed by atoms with van der Waals surface area (Å²) in [6, 6.07) is 2.66. The fraction of sp³-hybridized carbons (Fsp3) is 0.625. The molecule has 3 heterocycles. The highest BCUT2D eigenvalue weighted by Crippen LogP contribution is 2.37. The van der Waals surface area contributed by atoms with Gasteiger partial charge in [-0.05, 0) is 24.8 Å². The van der Waals surface area contributed by atoms with Gasteiger partial charge in [0.1, 0.15) is 17.8 Å². The molecule has 0 unspecified atom stereocenters. The number of fused-ring (bicyclic) bond motifs is 1. The average molecular weight is 333 g/mol. The average Bonchev–Trinajstić information content (AvgIpc) is 3.02. The Kier molecular flexibility index (Phi) is 4.41. The number of H-pyrrole nitrogens is 1. The molecule has 7 heteroatoms. The van der Waals surface area contributed by atoms with E-state index in [1.54, 1.807) is 6.33 Å². The molecule has 1 aliphatic heterocycles. The molecule has 1 saturated carbocycles. The van der Waals surface area contributed by atoms with Crippen molar-refractivity contribution in [3.8, 4) is 0 Å². The van der Waals surface area contributed by atoms with Crippen LogP contribution in [0.15, 0.2) is 18.6 Å². The largest absolute Gasteiger partial charge is 0.379 e. The van der Waals surface area contributed by atoms with Crippen molar-refractivity contribution < 1.29 is 4.74 Å². The lowest BCUT2D eigenvalue weighted by molar-refractivity contribution is 0.0771. The maximum atomic E-state index is 5.40. The second kappa shape index (κ2) is 6.67. The third-order valence-electron chi connectivity index (χ3n) is 4.89. The van der Waals surface area contributed by atoms with Crippen LogP contribution in [0.1, 0.15) is 12.8 Å². The highest BCUT2D eigenvalue weighted by Gasteiger charge is 2.33. The van der Waals surface area contributed by atoms with E-state index in [-0.39, 0.29) is 0 Å². The van der Waals surface area contributed by atoms with Crippen molar-refractivity contribution in [1.82, 2.24) is 19.3 Å². The molecule has 0 spiro atoms. The molecule has 4 rings (SSSR count). The minimum atomic E-state index is 0.596. The second-order valence-corrected chi connectivity index (χ2v) is 7.48. The van der Waals surface area contributed by atoms with E-state index in [0.29, 0.717) is 6.04 Å². The van der Waals surface area contributed by atoms with Crippen LogP contribution in [-0.2, 0) is 4.74 Å². The van der Waals surface area contributed by atoms with Crippen LogP contribution < -0.4 is 4.90 Å². The van der Waals surface area contributed by atoms with Gasteiger partial charge in [-0.2, -0.15) is 0 Å². The zero-order valence-corrected chi connectivity index (χ0v) is 14.3. The molecule has 6 nitrogen and oxygen atoms in total. The number of aromatic amines is 1. The van der Waals surface area contributed by atoms with Crippen molar-refractivity contribution in [3.63, 3.8) is 0 Å². The van der Waals surface area contributed by atoms with Crippen molar-refractivity contribution in [2.24, 2.45) is 5.92 Å². The molecule has 0 amide bonds. The lowest BCUT2D eigenvalue weighted by Gasteiger charge is -2.42. The summed E-state index contributed by atoms with van der Waals surface area (Å²) in [5.74, 6) is 3.09. The number of aromatic nitrogens is 3. The van der Waals surface area contributed by atoms with Gasteiger partial charge in [0, 0.05) is 38.1 Å². The Labute approximate surface area is 140 Å². The molecule has 1 N–H and O–H groups in total. The van der Waals surface area contributed by atoms with E-state index < -0.39 is 0 Å². The summed E-state index contributed by atoms with van der Waals surface area (Å²) in [5.41, 5.74) is 0.917. The summed E-state index contributed by atoms with van der Waals surface area (Å²) < 4.78 is 7.85. The van der Waals surface area contributed by atoms with Gasteiger partial charge in [-0.15, -0.1) is 0 Å². The molecular weight excluding hydrogens is 310 g/mol. The number of ether oxygens (including phenoxy) is 1. The molecule has 23 heavy (non-hydrogen) atoms. The molecular formula is C16H23N5OS. The van der Waals surface area contributed by atoms with Crippen LogP contribution in [0.3, 0.4) is 0 Å². The van der Waals surface area contributed by atoms with Gasteiger partial charge in [0.2, 0.25) is 0 Å². The maximum Gasteiger partial charge on any atom is 0.142 e. The number of nitrogens with one attached hydrogen (secondary N) is 1. The SMILES string of the molecule is CN(c1ncnc2[nH]ccc12)C1CC(CSN2CCOCC2)C1. The zero-order valence-electron chi connectivity index (χ0n) is 13.4. The van der Waals surface area contributed by atoms with Gasteiger partial charge >= 0.3 is 0 Å². The smallest absolute Gasteiger partial charge is 0.142 e. The van der Waals surface area contributed by atoms with Gasteiger partial charge in [-0.3, -0.25) is 0 Å². The van der Waals surface area contributed by atoms with Crippen LogP contribution in [0.2, 0.25) is 0 Å². The Morgan fingerprint density at radius 1 is 1.35 bits per heavy atom. The molecule has 1 saturated heterocycles. The van der Waals surface area contributed by atoms with E-state index in [4.69, 9.17) is 4.74 Å². The molecule has 2 aromatic heterocycles. The van der Waals surface area contributed by atoms with E-state index in [1.165, 1.54) is 18.6 Å². The number of rotatable bonds is 5. The minimum absolute atomic E-state index is 0.596. The number of morpholine rings is 1. The molecule has 124 valence electrons. The summed E-state index contributed by atoms with van der Waals surface area (Å²) >= 11 is 2.00. The first kappa shape index (κ1) is 15.2. The van der Waals surface area contributed by atoms with E-state index in [2.05, 4.69) is 37.3 Å². The Balaban J connectivity index is 1.30. The standard InChI is InChI=1S/C16H23N5OS/c1-20(16-14-2-3-17-15(14)18-11-19-16)13-8-12(9-13)10-23-21-4-6-22-7-5-21/h2-3,11-13H,4-10H2,1H3,(H,17,18,19). The van der Waals surface area contributed by atoms with E-state index in [9.17, 15) is 0 Å². The maximum absolute atomic E-state index is 5.40. The van der Waals surface area contributed by atoms with Crippen molar-refractivity contribution in [2.45, 2.75) is 18.9 Å². The van der Waals surface area contributed by atoms with Crippen molar-refractivity contribution in [3.05, 3.63) is 18.6 Å². The molecule has 2 aromatic rings. The minimum Gasteiger partial charge on any atom is -0.379 e. The molecule has 0 atom stereocenters.